The summed E-state index contributed by atoms with van der Waals surface area (Å²) in [7, 11) is 0. The van der Waals surface area contributed by atoms with E-state index in [1.807, 2.05) is 30.1 Å². The first kappa shape index (κ1) is 9.84. The number of aldehydes is 1. The smallest absolute Gasteiger partial charge is 0.166 e. The van der Waals surface area contributed by atoms with E-state index in [4.69, 9.17) is 0 Å². The van der Waals surface area contributed by atoms with E-state index in [0.717, 1.165) is 18.5 Å². The molecule has 0 amide bonds. The summed E-state index contributed by atoms with van der Waals surface area (Å²) in [6.07, 6.45) is 9.00. The lowest BCUT2D eigenvalue weighted by molar-refractivity contribution is 0.111. The minimum Gasteiger partial charge on any atom is -0.344 e. The number of aromatic nitrogens is 1. The molecule has 0 aliphatic heterocycles. The van der Waals surface area contributed by atoms with Crippen molar-refractivity contribution in [2.75, 3.05) is 6.26 Å². The van der Waals surface area contributed by atoms with Gasteiger partial charge in [0.15, 0.2) is 6.29 Å². The topological polar surface area (TPSA) is 22.0 Å². The summed E-state index contributed by atoms with van der Waals surface area (Å²) in [6, 6.07) is 3.82. The molecule has 1 fully saturated rings. The summed E-state index contributed by atoms with van der Waals surface area (Å²) in [5, 5.41) is 0. The van der Waals surface area contributed by atoms with E-state index in [9.17, 15) is 4.79 Å². The Morgan fingerprint density at radius 2 is 2.43 bits per heavy atom. The summed E-state index contributed by atoms with van der Waals surface area (Å²) in [6.45, 7) is 0.981. The van der Waals surface area contributed by atoms with E-state index in [0.29, 0.717) is 4.75 Å². The number of thioether (sulfide) groups is 1. The van der Waals surface area contributed by atoms with Gasteiger partial charge >= 0.3 is 0 Å². The van der Waals surface area contributed by atoms with Crippen LogP contribution in [0.2, 0.25) is 0 Å². The second kappa shape index (κ2) is 3.81. The summed E-state index contributed by atoms with van der Waals surface area (Å²) in [5.74, 6) is 0. The van der Waals surface area contributed by atoms with Gasteiger partial charge in [0.1, 0.15) is 0 Å². The van der Waals surface area contributed by atoms with Crippen LogP contribution in [0.5, 0.6) is 0 Å². The van der Waals surface area contributed by atoms with Crippen LogP contribution in [0.4, 0.5) is 0 Å². The maximum atomic E-state index is 10.7. The Morgan fingerprint density at radius 3 is 2.93 bits per heavy atom. The van der Waals surface area contributed by atoms with E-state index in [-0.39, 0.29) is 0 Å². The average molecular weight is 209 g/mol. The van der Waals surface area contributed by atoms with Crippen LogP contribution in [0.25, 0.3) is 0 Å². The van der Waals surface area contributed by atoms with Crippen LogP contribution < -0.4 is 0 Å². The minimum absolute atomic E-state index is 0.400. The molecule has 0 bridgehead atoms. The Morgan fingerprint density at radius 1 is 1.64 bits per heavy atom. The van der Waals surface area contributed by atoms with E-state index in [1.165, 1.54) is 19.3 Å². The van der Waals surface area contributed by atoms with E-state index in [2.05, 4.69) is 10.8 Å². The predicted octanol–water partition coefficient (Wildman–Crippen LogP) is 2.59. The predicted molar refractivity (Wildman–Crippen MR) is 59.9 cm³/mol. The monoisotopic (exact) mass is 209 g/mol. The third kappa shape index (κ3) is 1.61. The highest BCUT2D eigenvalue weighted by atomic mass is 32.2. The lowest BCUT2D eigenvalue weighted by Gasteiger charge is -2.40. The van der Waals surface area contributed by atoms with Gasteiger partial charge in [-0.3, -0.25) is 4.79 Å². The fourth-order valence-electron chi connectivity index (χ4n) is 1.99. The van der Waals surface area contributed by atoms with Crippen molar-refractivity contribution in [2.45, 2.75) is 30.6 Å². The minimum atomic E-state index is 0.400. The van der Waals surface area contributed by atoms with Gasteiger partial charge in [-0.25, -0.2) is 0 Å². The molecular weight excluding hydrogens is 194 g/mol. The van der Waals surface area contributed by atoms with E-state index >= 15 is 0 Å². The quantitative estimate of drug-likeness (QED) is 0.711. The highest BCUT2D eigenvalue weighted by Gasteiger charge is 2.36. The molecule has 0 atom stereocenters. The Hall–Kier alpha value is -0.700. The first-order chi connectivity index (χ1) is 6.79. The Bertz CT molecular complexity index is 322. The molecule has 14 heavy (non-hydrogen) atoms. The molecule has 3 heteroatoms. The Kier molecular flexibility index (Phi) is 2.68. The molecule has 76 valence electrons. The van der Waals surface area contributed by atoms with Crippen molar-refractivity contribution in [3.05, 3.63) is 24.0 Å². The molecule has 1 saturated carbocycles. The van der Waals surface area contributed by atoms with Gasteiger partial charge in [-0.05, 0) is 31.2 Å². The molecule has 0 N–H and O–H groups in total. The highest BCUT2D eigenvalue weighted by Crippen LogP contribution is 2.44. The Labute approximate surface area is 88.7 Å². The molecule has 2 nitrogen and oxygen atoms in total. The molecule has 0 spiro atoms. The summed E-state index contributed by atoms with van der Waals surface area (Å²) < 4.78 is 2.47. The van der Waals surface area contributed by atoms with Gasteiger partial charge in [-0.15, -0.1) is 0 Å². The van der Waals surface area contributed by atoms with Crippen LogP contribution in [0.3, 0.4) is 0 Å². The third-order valence-electron chi connectivity index (χ3n) is 3.14. The van der Waals surface area contributed by atoms with Crippen LogP contribution >= 0.6 is 11.8 Å². The van der Waals surface area contributed by atoms with Crippen LogP contribution in [-0.4, -0.2) is 21.9 Å². The lowest BCUT2D eigenvalue weighted by Crippen LogP contribution is -2.37. The van der Waals surface area contributed by atoms with Gasteiger partial charge in [0.25, 0.3) is 0 Å². The summed E-state index contributed by atoms with van der Waals surface area (Å²) in [5.41, 5.74) is 0.797. The first-order valence-corrected chi connectivity index (χ1v) is 6.18. The fraction of sp³-hybridized carbons (Fsp3) is 0.545. The van der Waals surface area contributed by atoms with Crippen molar-refractivity contribution in [1.29, 1.82) is 0 Å². The molecule has 2 rings (SSSR count). The number of hydrogen-bond acceptors (Lipinski definition) is 2. The van der Waals surface area contributed by atoms with Crippen molar-refractivity contribution >= 4 is 18.0 Å². The van der Waals surface area contributed by atoms with Crippen LogP contribution in [0, 0.1) is 0 Å². The van der Waals surface area contributed by atoms with Gasteiger partial charge in [0, 0.05) is 17.5 Å². The zero-order chi connectivity index (χ0) is 10.0. The lowest BCUT2D eigenvalue weighted by atomic mass is 9.84. The second-order valence-electron chi connectivity index (χ2n) is 3.92. The van der Waals surface area contributed by atoms with Crippen LogP contribution in [0.1, 0.15) is 29.8 Å². The zero-order valence-corrected chi connectivity index (χ0v) is 9.22. The molecule has 1 aromatic heterocycles. The molecule has 1 aliphatic rings. The van der Waals surface area contributed by atoms with Gasteiger partial charge in [-0.1, -0.05) is 6.42 Å². The van der Waals surface area contributed by atoms with Crippen LogP contribution in [-0.2, 0) is 6.54 Å². The van der Waals surface area contributed by atoms with Crippen molar-refractivity contribution < 1.29 is 4.79 Å². The third-order valence-corrected chi connectivity index (χ3v) is 4.55. The number of hydrogen-bond donors (Lipinski definition) is 0. The van der Waals surface area contributed by atoms with Crippen molar-refractivity contribution in [1.82, 2.24) is 4.57 Å². The maximum Gasteiger partial charge on any atom is 0.166 e. The van der Waals surface area contributed by atoms with Crippen LogP contribution in [0.15, 0.2) is 18.3 Å². The number of rotatable bonds is 4. The number of carbonyl (C=O) groups excluding carboxylic acids is 1. The molecule has 0 aromatic carbocycles. The average Bonchev–Trinajstić information content (AvgIpc) is 2.58. The second-order valence-corrected chi connectivity index (χ2v) is 5.19. The van der Waals surface area contributed by atoms with Crippen molar-refractivity contribution in [3.63, 3.8) is 0 Å². The molecule has 1 aromatic rings. The zero-order valence-electron chi connectivity index (χ0n) is 8.40. The number of carbonyl (C=O) groups is 1. The van der Waals surface area contributed by atoms with E-state index < -0.39 is 0 Å². The van der Waals surface area contributed by atoms with Gasteiger partial charge in [0.05, 0.1) is 5.69 Å². The Balaban J connectivity index is 2.13. The fourth-order valence-corrected chi connectivity index (χ4v) is 2.95. The summed E-state index contributed by atoms with van der Waals surface area (Å²) >= 11 is 1.94. The summed E-state index contributed by atoms with van der Waals surface area (Å²) in [4.78, 5) is 10.7. The van der Waals surface area contributed by atoms with Gasteiger partial charge in [-0.2, -0.15) is 11.8 Å². The molecule has 1 aliphatic carbocycles. The molecular formula is C11H15NOS. The standard InChI is InChI=1S/C11H15NOS/c1-14-11(5-3-6-11)9-12-7-2-4-10(12)8-13/h2,4,7-8H,3,5-6,9H2,1H3. The molecule has 1 heterocycles. The van der Waals surface area contributed by atoms with Crippen molar-refractivity contribution in [3.8, 4) is 0 Å². The SMILES string of the molecule is CSC1(Cn2cccc2C=O)CCC1. The highest BCUT2D eigenvalue weighted by molar-refractivity contribution is 8.00. The molecule has 0 radical (unpaired) electrons. The maximum absolute atomic E-state index is 10.7. The van der Waals surface area contributed by atoms with Gasteiger partial charge in [0.2, 0.25) is 0 Å². The number of nitrogens with zero attached hydrogens (tertiary/aromatic N) is 1. The van der Waals surface area contributed by atoms with Gasteiger partial charge < -0.3 is 4.57 Å². The van der Waals surface area contributed by atoms with Crippen molar-refractivity contribution in [2.24, 2.45) is 0 Å². The van der Waals surface area contributed by atoms with E-state index in [1.54, 1.807) is 0 Å². The first-order valence-electron chi connectivity index (χ1n) is 4.95. The largest absolute Gasteiger partial charge is 0.344 e. The molecule has 0 unspecified atom stereocenters. The molecule has 0 saturated heterocycles. The normalized spacial score (nSPS) is 18.9.